The van der Waals surface area contributed by atoms with Crippen molar-refractivity contribution in [3.63, 3.8) is 0 Å². The van der Waals surface area contributed by atoms with Crippen LogP contribution in [0.3, 0.4) is 0 Å². The zero-order valence-electron chi connectivity index (χ0n) is 11.7. The molecule has 5 nitrogen and oxygen atoms in total. The molecule has 2 rings (SSSR count). The molecule has 5 heteroatoms. The van der Waals surface area contributed by atoms with Crippen LogP contribution in [-0.4, -0.2) is 22.4 Å². The van der Waals surface area contributed by atoms with Gasteiger partial charge in [-0.25, -0.2) is 4.98 Å². The Labute approximate surface area is 118 Å². The second-order valence-corrected chi connectivity index (χ2v) is 4.50. The summed E-state index contributed by atoms with van der Waals surface area (Å²) in [5.74, 6) is 0.605. The smallest absolute Gasteiger partial charge is 0.257 e. The first-order chi connectivity index (χ1) is 9.69. The van der Waals surface area contributed by atoms with E-state index < -0.39 is 0 Å². The molecule has 0 aromatic carbocycles. The van der Waals surface area contributed by atoms with Crippen LogP contribution in [0.2, 0.25) is 0 Å². The number of rotatable bonds is 5. The quantitative estimate of drug-likeness (QED) is 0.876. The molecule has 2 N–H and O–H groups in total. The topological polar surface area (TPSA) is 66.9 Å². The lowest BCUT2D eigenvalue weighted by Crippen LogP contribution is -2.12. The van der Waals surface area contributed by atoms with Crippen LogP contribution in [0.15, 0.2) is 36.7 Å². The van der Waals surface area contributed by atoms with Gasteiger partial charge in [-0.05, 0) is 37.6 Å². The number of carbonyl (C=O) groups is 1. The molecular weight excluding hydrogens is 252 g/mol. The van der Waals surface area contributed by atoms with Crippen LogP contribution in [0.4, 0.5) is 11.5 Å². The Morgan fingerprint density at radius 1 is 1.25 bits per heavy atom. The minimum atomic E-state index is -0.176. The van der Waals surface area contributed by atoms with Crippen LogP contribution in [0, 0.1) is 6.92 Å². The van der Waals surface area contributed by atoms with Gasteiger partial charge in [0.1, 0.15) is 5.82 Å². The van der Waals surface area contributed by atoms with Gasteiger partial charge in [0.05, 0.1) is 5.56 Å². The lowest BCUT2D eigenvalue weighted by Gasteiger charge is -2.07. The fourth-order valence-corrected chi connectivity index (χ4v) is 1.71. The van der Waals surface area contributed by atoms with Crippen molar-refractivity contribution in [2.75, 3.05) is 17.2 Å². The summed E-state index contributed by atoms with van der Waals surface area (Å²) in [4.78, 5) is 20.4. The van der Waals surface area contributed by atoms with E-state index in [0.29, 0.717) is 5.56 Å². The summed E-state index contributed by atoms with van der Waals surface area (Å²) in [5, 5.41) is 5.99. The molecule has 0 atom stereocenters. The Morgan fingerprint density at radius 2 is 2.10 bits per heavy atom. The van der Waals surface area contributed by atoms with Gasteiger partial charge in [0.2, 0.25) is 0 Å². The van der Waals surface area contributed by atoms with E-state index in [2.05, 4.69) is 27.5 Å². The number of hydrogen-bond donors (Lipinski definition) is 2. The number of aromatic nitrogens is 2. The molecule has 2 aromatic rings. The lowest BCUT2D eigenvalue weighted by atomic mass is 10.2. The molecule has 0 fully saturated rings. The van der Waals surface area contributed by atoms with Gasteiger partial charge in [-0.2, -0.15) is 0 Å². The maximum Gasteiger partial charge on any atom is 0.257 e. The second kappa shape index (κ2) is 6.65. The highest BCUT2D eigenvalue weighted by Gasteiger charge is 2.06. The van der Waals surface area contributed by atoms with Gasteiger partial charge in [0.25, 0.3) is 5.91 Å². The minimum absolute atomic E-state index is 0.176. The van der Waals surface area contributed by atoms with Gasteiger partial charge in [-0.3, -0.25) is 9.78 Å². The zero-order valence-corrected chi connectivity index (χ0v) is 11.7. The minimum Gasteiger partial charge on any atom is -0.370 e. The highest BCUT2D eigenvalue weighted by molar-refractivity contribution is 6.04. The summed E-state index contributed by atoms with van der Waals surface area (Å²) in [6.07, 6.45) is 4.27. The standard InChI is InChI=1S/C15H18N4O/c1-3-7-17-14-5-4-12(10-18-14)15(20)19-13-6-8-16-11(2)9-13/h4-6,8-10H,3,7H2,1-2H3,(H,17,18)(H,16,19,20). The number of nitrogens with zero attached hydrogens (tertiary/aromatic N) is 2. The number of aryl methyl sites for hydroxylation is 1. The van der Waals surface area contributed by atoms with Gasteiger partial charge in [-0.15, -0.1) is 0 Å². The van der Waals surface area contributed by atoms with Gasteiger partial charge in [0.15, 0.2) is 0 Å². The van der Waals surface area contributed by atoms with Crippen molar-refractivity contribution >= 4 is 17.4 Å². The Morgan fingerprint density at radius 3 is 2.75 bits per heavy atom. The Bertz CT molecular complexity index is 581. The van der Waals surface area contributed by atoms with Gasteiger partial charge >= 0.3 is 0 Å². The summed E-state index contributed by atoms with van der Waals surface area (Å²) in [7, 11) is 0. The molecule has 0 saturated carbocycles. The third kappa shape index (κ3) is 3.78. The average Bonchev–Trinajstić information content (AvgIpc) is 2.45. The molecule has 0 saturated heterocycles. The Hall–Kier alpha value is -2.43. The summed E-state index contributed by atoms with van der Waals surface area (Å²) in [6.45, 7) is 4.84. The van der Waals surface area contributed by atoms with Crippen molar-refractivity contribution in [3.8, 4) is 0 Å². The van der Waals surface area contributed by atoms with E-state index in [-0.39, 0.29) is 5.91 Å². The fourth-order valence-electron chi connectivity index (χ4n) is 1.71. The number of anilines is 2. The van der Waals surface area contributed by atoms with Crippen molar-refractivity contribution in [1.29, 1.82) is 0 Å². The SMILES string of the molecule is CCCNc1ccc(C(=O)Nc2ccnc(C)c2)cn1. The first-order valence-electron chi connectivity index (χ1n) is 6.63. The van der Waals surface area contributed by atoms with Gasteiger partial charge in [-0.1, -0.05) is 6.92 Å². The maximum atomic E-state index is 12.1. The molecule has 1 amide bonds. The van der Waals surface area contributed by atoms with E-state index >= 15 is 0 Å². The Kier molecular flexibility index (Phi) is 4.65. The third-order valence-electron chi connectivity index (χ3n) is 2.74. The summed E-state index contributed by atoms with van der Waals surface area (Å²) in [5.41, 5.74) is 2.12. The van der Waals surface area contributed by atoms with Crippen LogP contribution in [0.25, 0.3) is 0 Å². The molecule has 104 valence electrons. The van der Waals surface area contributed by atoms with Crippen LogP contribution in [0.1, 0.15) is 29.4 Å². The van der Waals surface area contributed by atoms with Crippen LogP contribution >= 0.6 is 0 Å². The molecular formula is C15H18N4O. The Balaban J connectivity index is 2.02. The van der Waals surface area contributed by atoms with Gasteiger partial charge in [0, 0.05) is 30.3 Å². The zero-order chi connectivity index (χ0) is 14.4. The highest BCUT2D eigenvalue weighted by Crippen LogP contribution is 2.11. The van der Waals surface area contributed by atoms with E-state index in [1.54, 1.807) is 24.5 Å². The molecule has 0 spiro atoms. The maximum absolute atomic E-state index is 12.1. The normalized spacial score (nSPS) is 10.1. The van der Waals surface area contributed by atoms with E-state index in [1.165, 1.54) is 0 Å². The molecule has 2 heterocycles. The largest absolute Gasteiger partial charge is 0.370 e. The van der Waals surface area contributed by atoms with Crippen molar-refractivity contribution in [2.45, 2.75) is 20.3 Å². The molecule has 20 heavy (non-hydrogen) atoms. The van der Waals surface area contributed by atoms with E-state index in [9.17, 15) is 4.79 Å². The van der Waals surface area contributed by atoms with Crippen molar-refractivity contribution in [2.24, 2.45) is 0 Å². The predicted molar refractivity (Wildman–Crippen MR) is 79.9 cm³/mol. The summed E-state index contributed by atoms with van der Waals surface area (Å²) < 4.78 is 0. The van der Waals surface area contributed by atoms with Crippen LogP contribution in [-0.2, 0) is 0 Å². The first kappa shape index (κ1) is 14.0. The molecule has 2 aromatic heterocycles. The van der Waals surface area contributed by atoms with Crippen molar-refractivity contribution in [3.05, 3.63) is 47.9 Å². The van der Waals surface area contributed by atoms with E-state index in [1.807, 2.05) is 19.1 Å². The first-order valence-corrected chi connectivity index (χ1v) is 6.63. The number of hydrogen-bond acceptors (Lipinski definition) is 4. The number of nitrogens with one attached hydrogen (secondary N) is 2. The van der Waals surface area contributed by atoms with E-state index in [0.717, 1.165) is 30.2 Å². The second-order valence-electron chi connectivity index (χ2n) is 4.50. The van der Waals surface area contributed by atoms with Crippen molar-refractivity contribution < 1.29 is 4.79 Å². The van der Waals surface area contributed by atoms with Crippen LogP contribution in [0.5, 0.6) is 0 Å². The molecule has 0 bridgehead atoms. The lowest BCUT2D eigenvalue weighted by molar-refractivity contribution is 0.102. The monoisotopic (exact) mass is 270 g/mol. The van der Waals surface area contributed by atoms with Gasteiger partial charge < -0.3 is 10.6 Å². The highest BCUT2D eigenvalue weighted by atomic mass is 16.1. The number of carbonyl (C=O) groups excluding carboxylic acids is 1. The summed E-state index contributed by atoms with van der Waals surface area (Å²) in [6, 6.07) is 7.15. The molecule has 0 aliphatic carbocycles. The molecule has 0 aliphatic heterocycles. The van der Waals surface area contributed by atoms with Crippen LogP contribution < -0.4 is 10.6 Å². The number of pyridine rings is 2. The fraction of sp³-hybridized carbons (Fsp3) is 0.267. The van der Waals surface area contributed by atoms with Crippen molar-refractivity contribution in [1.82, 2.24) is 9.97 Å². The molecule has 0 aliphatic rings. The number of amides is 1. The van der Waals surface area contributed by atoms with E-state index in [4.69, 9.17) is 0 Å². The predicted octanol–water partition coefficient (Wildman–Crippen LogP) is 2.86. The molecule has 0 unspecified atom stereocenters. The summed E-state index contributed by atoms with van der Waals surface area (Å²) >= 11 is 0. The molecule has 0 radical (unpaired) electrons. The third-order valence-corrected chi connectivity index (χ3v) is 2.74. The average molecular weight is 270 g/mol.